The number of Topliss-reactive ketones (excluding diaryl/α,β-unsaturated/α-hetero) is 1. The number of ether oxygens (including phenoxy) is 1. The zero-order valence-electron chi connectivity index (χ0n) is 11.1. The second-order valence-electron chi connectivity index (χ2n) is 5.33. The van der Waals surface area contributed by atoms with E-state index in [1.807, 2.05) is 0 Å². The van der Waals surface area contributed by atoms with Gasteiger partial charge in [0, 0.05) is 12.1 Å². The van der Waals surface area contributed by atoms with Crippen LogP contribution in [0.3, 0.4) is 0 Å². The van der Waals surface area contributed by atoms with Gasteiger partial charge in [-0.2, -0.15) is 0 Å². The molecule has 2 heterocycles. The lowest BCUT2D eigenvalue weighted by Gasteiger charge is -2.19. The fraction of sp³-hybridized carbons (Fsp3) is 0.200. The lowest BCUT2D eigenvalue weighted by molar-refractivity contribution is -0.120. The van der Waals surface area contributed by atoms with E-state index in [9.17, 15) is 24.9 Å². The highest BCUT2D eigenvalue weighted by Crippen LogP contribution is 2.47. The largest absolute Gasteiger partial charge is 0.508 e. The summed E-state index contributed by atoms with van der Waals surface area (Å²) in [5.74, 6) is -1.92. The van der Waals surface area contributed by atoms with Crippen molar-refractivity contribution in [2.24, 2.45) is 0 Å². The molecule has 1 aliphatic carbocycles. The summed E-state index contributed by atoms with van der Waals surface area (Å²) in [5.41, 5.74) is -0.560. The molecule has 0 spiro atoms. The van der Waals surface area contributed by atoms with Crippen LogP contribution in [0.2, 0.25) is 0 Å². The molecule has 112 valence electrons. The molecule has 0 saturated heterocycles. The van der Waals surface area contributed by atoms with Crippen molar-refractivity contribution in [3.63, 3.8) is 0 Å². The normalized spacial score (nSPS) is 22.9. The third-order valence-electron chi connectivity index (χ3n) is 3.97. The highest BCUT2D eigenvalue weighted by Gasteiger charge is 2.43. The van der Waals surface area contributed by atoms with Crippen molar-refractivity contribution < 1.29 is 29.3 Å². The average Bonchev–Trinajstić information content (AvgIpc) is 2.77. The molecule has 4 rings (SSSR count). The van der Waals surface area contributed by atoms with Crippen LogP contribution in [0.1, 0.15) is 17.9 Å². The lowest BCUT2D eigenvalue weighted by Crippen LogP contribution is -2.28. The number of benzene rings is 1. The van der Waals surface area contributed by atoms with Crippen molar-refractivity contribution in [2.75, 3.05) is 0 Å². The first-order valence-corrected chi connectivity index (χ1v) is 6.59. The molecule has 0 saturated carbocycles. The fourth-order valence-corrected chi connectivity index (χ4v) is 3.01. The van der Waals surface area contributed by atoms with Crippen LogP contribution >= 0.6 is 0 Å². The molecular weight excluding hydrogens is 292 g/mol. The Balaban J connectivity index is 2.04. The number of aromatic hydroxyl groups is 2. The number of fused-ring (bicyclic) bond motifs is 5. The molecule has 0 bridgehead atoms. The SMILES string of the molecule is O=C1C[C@@H]2Oc3c(c(=O)oc4cc(O)cc(O)c34)[C@H]2C=C1O. The predicted molar refractivity (Wildman–Crippen MR) is 73.3 cm³/mol. The first kappa shape index (κ1) is 12.8. The minimum atomic E-state index is -0.696. The molecule has 7 nitrogen and oxygen atoms in total. The van der Waals surface area contributed by atoms with Crippen LogP contribution in [0.4, 0.5) is 0 Å². The summed E-state index contributed by atoms with van der Waals surface area (Å²) in [6, 6.07) is 2.30. The summed E-state index contributed by atoms with van der Waals surface area (Å²) in [6.07, 6.45) is 0.574. The molecule has 0 fully saturated rings. The van der Waals surface area contributed by atoms with Gasteiger partial charge in [0.25, 0.3) is 0 Å². The summed E-state index contributed by atoms with van der Waals surface area (Å²) in [4.78, 5) is 23.8. The number of rotatable bonds is 0. The minimum Gasteiger partial charge on any atom is -0.508 e. The van der Waals surface area contributed by atoms with Gasteiger partial charge < -0.3 is 24.5 Å². The molecule has 1 aromatic heterocycles. The maximum absolute atomic E-state index is 12.2. The third-order valence-corrected chi connectivity index (χ3v) is 3.97. The van der Waals surface area contributed by atoms with Gasteiger partial charge in [0.2, 0.25) is 5.78 Å². The molecule has 7 heteroatoms. The van der Waals surface area contributed by atoms with Gasteiger partial charge in [0.05, 0.1) is 17.9 Å². The standard InChI is InChI=1S/C15H10O7/c16-5-1-9(19)13-11(2-5)22-15(20)12-6-3-7(17)8(18)4-10(6)21-14(12)13/h1-3,6,10,16-17,19H,4H2/t6-,10-/m0/s1. The van der Waals surface area contributed by atoms with Crippen molar-refractivity contribution in [3.05, 3.63) is 40.0 Å². The predicted octanol–water partition coefficient (Wildman–Crippen LogP) is 1.46. The van der Waals surface area contributed by atoms with Crippen LogP contribution in [0.25, 0.3) is 11.0 Å². The van der Waals surface area contributed by atoms with E-state index >= 15 is 0 Å². The van der Waals surface area contributed by atoms with Gasteiger partial charge in [0.15, 0.2) is 5.76 Å². The zero-order valence-corrected chi connectivity index (χ0v) is 11.1. The van der Waals surface area contributed by atoms with Crippen molar-refractivity contribution in [1.29, 1.82) is 0 Å². The monoisotopic (exact) mass is 302 g/mol. The van der Waals surface area contributed by atoms with Crippen molar-refractivity contribution >= 4 is 16.8 Å². The molecular formula is C15H10O7. The summed E-state index contributed by atoms with van der Waals surface area (Å²) in [6.45, 7) is 0. The van der Waals surface area contributed by atoms with Gasteiger partial charge in [-0.25, -0.2) is 4.79 Å². The molecule has 0 radical (unpaired) electrons. The number of aliphatic hydroxyl groups excluding tert-OH is 1. The first-order valence-electron chi connectivity index (χ1n) is 6.59. The molecule has 2 atom stereocenters. The molecule has 1 aliphatic heterocycles. The van der Waals surface area contributed by atoms with Gasteiger partial charge in [-0.15, -0.1) is 0 Å². The second-order valence-corrected chi connectivity index (χ2v) is 5.33. The Morgan fingerprint density at radius 3 is 2.68 bits per heavy atom. The fourth-order valence-electron chi connectivity index (χ4n) is 3.01. The summed E-state index contributed by atoms with van der Waals surface area (Å²) in [7, 11) is 0. The lowest BCUT2D eigenvalue weighted by atomic mass is 9.87. The van der Waals surface area contributed by atoms with E-state index in [0.29, 0.717) is 0 Å². The molecule has 0 unspecified atom stereocenters. The number of carbonyl (C=O) groups excluding carboxylic acids is 1. The second kappa shape index (κ2) is 4.03. The Bertz CT molecular complexity index is 922. The number of hydrogen-bond acceptors (Lipinski definition) is 7. The van der Waals surface area contributed by atoms with E-state index in [0.717, 1.165) is 6.07 Å². The van der Waals surface area contributed by atoms with E-state index < -0.39 is 29.2 Å². The number of phenols is 2. The van der Waals surface area contributed by atoms with Gasteiger partial charge >= 0.3 is 5.63 Å². The minimum absolute atomic E-state index is 0.0144. The van der Waals surface area contributed by atoms with E-state index in [2.05, 4.69) is 0 Å². The smallest absolute Gasteiger partial charge is 0.343 e. The van der Waals surface area contributed by atoms with Crippen LogP contribution in [-0.2, 0) is 4.79 Å². The third kappa shape index (κ3) is 1.56. The van der Waals surface area contributed by atoms with Crippen LogP contribution < -0.4 is 10.4 Å². The highest BCUT2D eigenvalue weighted by atomic mass is 16.5. The van der Waals surface area contributed by atoms with Crippen molar-refractivity contribution in [3.8, 4) is 17.2 Å². The summed E-state index contributed by atoms with van der Waals surface area (Å²) in [5, 5.41) is 29.2. The van der Waals surface area contributed by atoms with Crippen LogP contribution in [0.5, 0.6) is 17.2 Å². The van der Waals surface area contributed by atoms with Crippen LogP contribution in [-0.4, -0.2) is 27.2 Å². The number of phenolic OH excluding ortho intramolecular Hbond substituents is 2. The van der Waals surface area contributed by atoms with E-state index in [1.54, 1.807) is 0 Å². The Hall–Kier alpha value is -2.96. The number of hydrogen-bond donors (Lipinski definition) is 3. The molecule has 3 N–H and O–H groups in total. The molecule has 22 heavy (non-hydrogen) atoms. The van der Waals surface area contributed by atoms with Gasteiger partial charge in [-0.05, 0) is 6.08 Å². The Morgan fingerprint density at radius 2 is 1.91 bits per heavy atom. The highest BCUT2D eigenvalue weighted by molar-refractivity contribution is 5.96. The van der Waals surface area contributed by atoms with E-state index in [-0.39, 0.29) is 40.2 Å². The quantitative estimate of drug-likeness (QED) is 0.631. The Morgan fingerprint density at radius 1 is 1.14 bits per heavy atom. The van der Waals surface area contributed by atoms with Gasteiger partial charge in [-0.3, -0.25) is 4.79 Å². The van der Waals surface area contributed by atoms with Gasteiger partial charge in [0.1, 0.15) is 34.3 Å². The van der Waals surface area contributed by atoms with Crippen molar-refractivity contribution in [1.82, 2.24) is 0 Å². The number of carbonyl (C=O) groups is 1. The van der Waals surface area contributed by atoms with Crippen LogP contribution in [0, 0.1) is 0 Å². The maximum atomic E-state index is 12.2. The summed E-state index contributed by atoms with van der Waals surface area (Å²) < 4.78 is 10.8. The average molecular weight is 302 g/mol. The molecule has 2 aromatic rings. The maximum Gasteiger partial charge on any atom is 0.343 e. The van der Waals surface area contributed by atoms with Crippen LogP contribution in [0.15, 0.2) is 33.2 Å². The topological polar surface area (TPSA) is 117 Å². The van der Waals surface area contributed by atoms with Gasteiger partial charge in [-0.1, -0.05) is 0 Å². The Kier molecular flexibility index (Phi) is 2.34. The number of ketones is 1. The molecule has 0 amide bonds. The van der Waals surface area contributed by atoms with E-state index in [1.165, 1.54) is 12.1 Å². The van der Waals surface area contributed by atoms with E-state index in [4.69, 9.17) is 9.15 Å². The Labute approximate surface area is 122 Å². The van der Waals surface area contributed by atoms with Crippen molar-refractivity contribution in [2.45, 2.75) is 18.4 Å². The summed E-state index contributed by atoms with van der Waals surface area (Å²) >= 11 is 0. The number of allylic oxidation sites excluding steroid dienone is 1. The number of aliphatic hydroxyl groups is 1. The first-order chi connectivity index (χ1) is 10.5. The molecule has 2 aliphatic rings. The molecule has 1 aromatic carbocycles. The zero-order chi connectivity index (χ0) is 15.6.